The Kier molecular flexibility index (Phi) is 6.96. The molecule has 0 bridgehead atoms. The van der Waals surface area contributed by atoms with E-state index in [-0.39, 0.29) is 35.9 Å². The summed E-state index contributed by atoms with van der Waals surface area (Å²) in [5, 5.41) is 2.88. The maximum absolute atomic E-state index is 14.0. The lowest BCUT2D eigenvalue weighted by Crippen LogP contribution is -2.13. The first-order chi connectivity index (χ1) is 15.0. The molecule has 3 aromatic rings. The normalized spacial score (nSPS) is 10.5. The van der Waals surface area contributed by atoms with Gasteiger partial charge in [-0.1, -0.05) is 12.1 Å². The van der Waals surface area contributed by atoms with Crippen molar-refractivity contribution in [2.45, 2.75) is 13.5 Å². The van der Waals surface area contributed by atoms with Crippen molar-refractivity contribution in [2.24, 2.45) is 0 Å². The minimum atomic E-state index is -0.971. The molecule has 0 aliphatic rings. The number of hydrogen-bond donors (Lipinski definition) is 1. The van der Waals surface area contributed by atoms with Crippen LogP contribution in [0.3, 0.4) is 0 Å². The van der Waals surface area contributed by atoms with Crippen molar-refractivity contribution in [3.05, 3.63) is 65.4 Å². The molecule has 1 aromatic heterocycles. The summed E-state index contributed by atoms with van der Waals surface area (Å²) < 4.78 is 43.1. The number of esters is 1. The van der Waals surface area contributed by atoms with Gasteiger partial charge in [0.25, 0.3) is 0 Å². The minimum Gasteiger partial charge on any atom is -0.493 e. The Morgan fingerprint density at radius 2 is 1.87 bits per heavy atom. The van der Waals surface area contributed by atoms with Crippen LogP contribution in [0.15, 0.2) is 42.6 Å². The average molecular weight is 429 g/mol. The number of halogens is 2. The van der Waals surface area contributed by atoms with E-state index < -0.39 is 17.6 Å². The van der Waals surface area contributed by atoms with Crippen molar-refractivity contribution in [3.8, 4) is 22.9 Å². The number of anilines is 1. The molecule has 162 valence electrons. The summed E-state index contributed by atoms with van der Waals surface area (Å²) in [5.41, 5.74) is 0.761. The highest BCUT2D eigenvalue weighted by Crippen LogP contribution is 2.31. The fourth-order valence-electron chi connectivity index (χ4n) is 2.85. The Bertz CT molecular complexity index is 1090. The van der Waals surface area contributed by atoms with Crippen LogP contribution < -0.4 is 14.8 Å². The van der Waals surface area contributed by atoms with E-state index in [4.69, 9.17) is 14.2 Å². The van der Waals surface area contributed by atoms with Crippen LogP contribution in [-0.4, -0.2) is 36.8 Å². The molecule has 7 nitrogen and oxygen atoms in total. The summed E-state index contributed by atoms with van der Waals surface area (Å²) in [6, 6.07) is 8.99. The molecule has 1 N–H and O–H groups in total. The summed E-state index contributed by atoms with van der Waals surface area (Å²) >= 11 is 0. The lowest BCUT2D eigenvalue weighted by molar-refractivity contribution is 0.0526. The van der Waals surface area contributed by atoms with Crippen molar-refractivity contribution < 1.29 is 27.8 Å². The SMILES string of the molecule is CCOC(=O)c1cnc(-c2ccc(OC)c(OC)c2)nc1NCc1cccc(F)c1F. The number of carbonyl (C=O) groups is 1. The fraction of sp³-hybridized carbons (Fsp3) is 0.227. The molecule has 0 fully saturated rings. The first-order valence-electron chi connectivity index (χ1n) is 9.41. The van der Waals surface area contributed by atoms with Gasteiger partial charge in [-0.3, -0.25) is 0 Å². The van der Waals surface area contributed by atoms with Crippen molar-refractivity contribution in [2.75, 3.05) is 26.1 Å². The van der Waals surface area contributed by atoms with E-state index in [1.807, 2.05) is 0 Å². The number of aromatic nitrogens is 2. The first-order valence-corrected chi connectivity index (χ1v) is 9.41. The second-order valence-electron chi connectivity index (χ2n) is 6.31. The number of nitrogens with one attached hydrogen (secondary N) is 1. The summed E-state index contributed by atoms with van der Waals surface area (Å²) in [5.74, 6) is -1.13. The van der Waals surface area contributed by atoms with Gasteiger partial charge in [-0.25, -0.2) is 23.5 Å². The van der Waals surface area contributed by atoms with E-state index >= 15 is 0 Å². The quantitative estimate of drug-likeness (QED) is 0.537. The zero-order chi connectivity index (χ0) is 22.4. The molecule has 2 aromatic carbocycles. The van der Waals surface area contributed by atoms with Gasteiger partial charge in [0.2, 0.25) is 0 Å². The van der Waals surface area contributed by atoms with Gasteiger partial charge in [-0.15, -0.1) is 0 Å². The van der Waals surface area contributed by atoms with Gasteiger partial charge in [0, 0.05) is 23.9 Å². The molecule has 0 aliphatic carbocycles. The number of carbonyl (C=O) groups excluding carboxylic acids is 1. The molecule has 1 heterocycles. The molecule has 0 saturated carbocycles. The van der Waals surface area contributed by atoms with Crippen LogP contribution in [-0.2, 0) is 11.3 Å². The first kappa shape index (κ1) is 21.9. The van der Waals surface area contributed by atoms with E-state index in [9.17, 15) is 13.6 Å². The van der Waals surface area contributed by atoms with Crippen LogP contribution in [0, 0.1) is 11.6 Å². The van der Waals surface area contributed by atoms with Gasteiger partial charge >= 0.3 is 5.97 Å². The molecule has 3 rings (SSSR count). The monoisotopic (exact) mass is 429 g/mol. The summed E-state index contributed by atoms with van der Waals surface area (Å²) in [7, 11) is 3.03. The van der Waals surface area contributed by atoms with E-state index in [1.54, 1.807) is 25.1 Å². The molecule has 0 aliphatic heterocycles. The third-order valence-electron chi connectivity index (χ3n) is 4.40. The maximum atomic E-state index is 14.0. The molecule has 9 heteroatoms. The Morgan fingerprint density at radius 1 is 1.10 bits per heavy atom. The summed E-state index contributed by atoms with van der Waals surface area (Å²) in [6.07, 6.45) is 1.32. The fourth-order valence-corrected chi connectivity index (χ4v) is 2.85. The smallest absolute Gasteiger partial charge is 0.343 e. The maximum Gasteiger partial charge on any atom is 0.343 e. The van der Waals surface area contributed by atoms with Crippen LogP contribution in [0.25, 0.3) is 11.4 Å². The van der Waals surface area contributed by atoms with Crippen LogP contribution in [0.2, 0.25) is 0 Å². The van der Waals surface area contributed by atoms with Crippen molar-refractivity contribution in [1.82, 2.24) is 9.97 Å². The lowest BCUT2D eigenvalue weighted by atomic mass is 10.1. The number of hydrogen-bond acceptors (Lipinski definition) is 7. The van der Waals surface area contributed by atoms with Gasteiger partial charge in [0.05, 0.1) is 20.8 Å². The zero-order valence-corrected chi connectivity index (χ0v) is 17.2. The Morgan fingerprint density at radius 3 is 2.58 bits per heavy atom. The van der Waals surface area contributed by atoms with Gasteiger partial charge in [-0.05, 0) is 31.2 Å². The third kappa shape index (κ3) is 4.88. The average Bonchev–Trinajstić information content (AvgIpc) is 2.79. The van der Waals surface area contributed by atoms with Crippen LogP contribution >= 0.6 is 0 Å². The Labute approximate surface area is 178 Å². The minimum absolute atomic E-state index is 0.0721. The second kappa shape index (κ2) is 9.84. The molecule has 0 radical (unpaired) electrons. The number of methoxy groups -OCH3 is 2. The van der Waals surface area contributed by atoms with E-state index in [1.165, 1.54) is 32.5 Å². The summed E-state index contributed by atoms with van der Waals surface area (Å²) in [4.78, 5) is 21.0. The molecule has 0 atom stereocenters. The van der Waals surface area contributed by atoms with Gasteiger partial charge in [0.15, 0.2) is 29.0 Å². The van der Waals surface area contributed by atoms with Crippen LogP contribution in [0.5, 0.6) is 11.5 Å². The number of ether oxygens (including phenoxy) is 3. The largest absolute Gasteiger partial charge is 0.493 e. The highest BCUT2D eigenvalue weighted by Gasteiger charge is 2.18. The van der Waals surface area contributed by atoms with Gasteiger partial charge in [-0.2, -0.15) is 0 Å². The zero-order valence-electron chi connectivity index (χ0n) is 17.2. The molecule has 0 unspecified atom stereocenters. The topological polar surface area (TPSA) is 82.6 Å². The lowest BCUT2D eigenvalue weighted by Gasteiger charge is -2.13. The van der Waals surface area contributed by atoms with Gasteiger partial charge in [0.1, 0.15) is 11.4 Å². The molecular weight excluding hydrogens is 408 g/mol. The molecule has 0 amide bonds. The third-order valence-corrected chi connectivity index (χ3v) is 4.40. The number of rotatable bonds is 8. The predicted molar refractivity (Wildman–Crippen MR) is 110 cm³/mol. The van der Waals surface area contributed by atoms with Gasteiger partial charge < -0.3 is 19.5 Å². The van der Waals surface area contributed by atoms with Crippen molar-refractivity contribution in [1.29, 1.82) is 0 Å². The predicted octanol–water partition coefficient (Wildman–Crippen LogP) is 4.23. The molecule has 0 spiro atoms. The number of benzene rings is 2. The van der Waals surface area contributed by atoms with E-state index in [0.29, 0.717) is 17.1 Å². The Balaban J connectivity index is 1.98. The van der Waals surface area contributed by atoms with Crippen LogP contribution in [0.1, 0.15) is 22.8 Å². The van der Waals surface area contributed by atoms with E-state index in [0.717, 1.165) is 6.07 Å². The standard InChI is InChI=1S/C22H21F2N3O4/c1-4-31-22(28)15-12-26-20(13-8-9-17(29-2)18(10-13)30-3)27-21(15)25-11-14-6-5-7-16(23)19(14)24/h5-10,12H,4,11H2,1-3H3,(H,25,26,27). The highest BCUT2D eigenvalue weighted by molar-refractivity contribution is 5.94. The molecule has 31 heavy (non-hydrogen) atoms. The molecular formula is C22H21F2N3O4. The van der Waals surface area contributed by atoms with Crippen molar-refractivity contribution >= 4 is 11.8 Å². The highest BCUT2D eigenvalue weighted by atomic mass is 19.2. The summed E-state index contributed by atoms with van der Waals surface area (Å²) in [6.45, 7) is 1.73. The second-order valence-corrected chi connectivity index (χ2v) is 6.31. The Hall–Kier alpha value is -3.75. The molecule has 0 saturated heterocycles. The van der Waals surface area contributed by atoms with Crippen molar-refractivity contribution in [3.63, 3.8) is 0 Å². The van der Waals surface area contributed by atoms with E-state index in [2.05, 4.69) is 15.3 Å². The number of nitrogens with zero attached hydrogens (tertiary/aromatic N) is 2. The van der Waals surface area contributed by atoms with Crippen LogP contribution in [0.4, 0.5) is 14.6 Å².